The van der Waals surface area contributed by atoms with E-state index >= 15 is 0 Å². The molecule has 1 amide bonds. The fraction of sp³-hybridized carbons (Fsp3) is 0.455. The Labute approximate surface area is 124 Å². The molecular formula is C11H12BrClN2O3S. The van der Waals surface area contributed by atoms with E-state index in [1.54, 1.807) is 6.20 Å². The normalized spacial score (nSPS) is 20.1. The van der Waals surface area contributed by atoms with E-state index in [1.807, 2.05) is 13.0 Å². The molecule has 0 spiro atoms. The molecule has 0 saturated carbocycles. The van der Waals surface area contributed by atoms with Gasteiger partial charge in [0.15, 0.2) is 0 Å². The lowest BCUT2D eigenvalue weighted by Crippen LogP contribution is -2.26. The number of nitrogens with zero attached hydrogens (tertiary/aromatic N) is 2. The van der Waals surface area contributed by atoms with Gasteiger partial charge in [-0.25, -0.2) is 13.4 Å². The zero-order chi connectivity index (χ0) is 14.2. The van der Waals surface area contributed by atoms with Gasteiger partial charge in [-0.1, -0.05) is 0 Å². The van der Waals surface area contributed by atoms with Gasteiger partial charge in [0.25, 0.3) is 0 Å². The van der Waals surface area contributed by atoms with Gasteiger partial charge in [-0.05, 0) is 34.5 Å². The predicted molar refractivity (Wildman–Crippen MR) is 76.8 cm³/mol. The molecule has 0 radical (unpaired) electrons. The van der Waals surface area contributed by atoms with Gasteiger partial charge < -0.3 is 0 Å². The molecule has 1 atom stereocenters. The number of carbonyl (C=O) groups excluding carboxylic acids is 1. The fourth-order valence-corrected chi connectivity index (χ4v) is 4.10. The van der Waals surface area contributed by atoms with E-state index in [-0.39, 0.29) is 24.0 Å². The molecule has 1 aliphatic heterocycles. The van der Waals surface area contributed by atoms with Crippen molar-refractivity contribution < 1.29 is 13.2 Å². The first-order valence-electron chi connectivity index (χ1n) is 5.61. The quantitative estimate of drug-likeness (QED) is 0.767. The lowest BCUT2D eigenvalue weighted by molar-refractivity contribution is -0.117. The molecule has 0 aliphatic carbocycles. The van der Waals surface area contributed by atoms with Crippen LogP contribution >= 0.6 is 26.6 Å². The van der Waals surface area contributed by atoms with Crippen LogP contribution in [0.1, 0.15) is 12.0 Å². The molecule has 1 aliphatic rings. The standard InChI is InChI=1S/C11H12BrClN2O3S/c1-7-2-9(12)11(14-4-7)15-5-8(3-10(15)16)6-19(13,17)18/h2,4,8H,3,5-6H2,1H3. The van der Waals surface area contributed by atoms with Crippen molar-refractivity contribution in [2.75, 3.05) is 17.2 Å². The van der Waals surface area contributed by atoms with Crippen molar-refractivity contribution in [3.8, 4) is 0 Å². The maximum Gasteiger partial charge on any atom is 0.232 e. The molecule has 1 saturated heterocycles. The monoisotopic (exact) mass is 366 g/mol. The van der Waals surface area contributed by atoms with Gasteiger partial charge in [0, 0.05) is 35.8 Å². The highest BCUT2D eigenvalue weighted by molar-refractivity contribution is 9.10. The second kappa shape index (κ2) is 5.38. The highest BCUT2D eigenvalue weighted by atomic mass is 79.9. The number of anilines is 1. The van der Waals surface area contributed by atoms with Gasteiger partial charge >= 0.3 is 0 Å². The first-order valence-corrected chi connectivity index (χ1v) is 8.88. The van der Waals surface area contributed by atoms with Crippen molar-refractivity contribution >= 4 is 47.4 Å². The van der Waals surface area contributed by atoms with Crippen molar-refractivity contribution in [2.45, 2.75) is 13.3 Å². The van der Waals surface area contributed by atoms with E-state index in [1.165, 1.54) is 4.90 Å². The molecule has 1 aromatic rings. The minimum atomic E-state index is -3.59. The minimum absolute atomic E-state index is 0.137. The lowest BCUT2D eigenvalue weighted by Gasteiger charge is -2.17. The third-order valence-electron chi connectivity index (χ3n) is 2.85. The van der Waals surface area contributed by atoms with Crippen molar-refractivity contribution in [1.82, 2.24) is 4.98 Å². The zero-order valence-electron chi connectivity index (χ0n) is 10.1. The maximum absolute atomic E-state index is 11.9. The summed E-state index contributed by atoms with van der Waals surface area (Å²) in [5.74, 6) is -0.0993. The molecule has 5 nitrogen and oxygen atoms in total. The number of hydrogen-bond acceptors (Lipinski definition) is 4. The number of rotatable bonds is 3. The Balaban J connectivity index is 2.20. The summed E-state index contributed by atoms with van der Waals surface area (Å²) in [7, 11) is 1.63. The van der Waals surface area contributed by atoms with E-state index < -0.39 is 9.05 Å². The Kier molecular flexibility index (Phi) is 4.17. The summed E-state index contributed by atoms with van der Waals surface area (Å²) in [6, 6.07) is 1.86. The molecule has 19 heavy (non-hydrogen) atoms. The van der Waals surface area contributed by atoms with Crippen LogP contribution in [-0.4, -0.2) is 31.6 Å². The van der Waals surface area contributed by atoms with Crippen LogP contribution in [0.25, 0.3) is 0 Å². The molecule has 0 aromatic carbocycles. The van der Waals surface area contributed by atoms with Crippen LogP contribution < -0.4 is 4.90 Å². The largest absolute Gasteiger partial charge is 0.296 e. The van der Waals surface area contributed by atoms with Crippen molar-refractivity contribution in [1.29, 1.82) is 0 Å². The number of pyridine rings is 1. The number of amides is 1. The maximum atomic E-state index is 11.9. The first kappa shape index (κ1) is 14.7. The Morgan fingerprint density at radius 2 is 2.26 bits per heavy atom. The van der Waals surface area contributed by atoms with Gasteiger partial charge in [0.05, 0.1) is 10.2 Å². The third-order valence-corrected chi connectivity index (χ3v) is 4.69. The molecule has 0 bridgehead atoms. The molecule has 1 fully saturated rings. The lowest BCUT2D eigenvalue weighted by atomic mass is 10.1. The number of hydrogen-bond donors (Lipinski definition) is 0. The van der Waals surface area contributed by atoms with Crippen molar-refractivity contribution in [2.24, 2.45) is 5.92 Å². The van der Waals surface area contributed by atoms with Crippen LogP contribution in [0.4, 0.5) is 5.82 Å². The number of aryl methyl sites for hydroxylation is 1. The van der Waals surface area contributed by atoms with Crippen LogP contribution in [0.2, 0.25) is 0 Å². The molecule has 0 N–H and O–H groups in total. The van der Waals surface area contributed by atoms with E-state index in [4.69, 9.17) is 10.7 Å². The van der Waals surface area contributed by atoms with Gasteiger partial charge in [-0.15, -0.1) is 0 Å². The Morgan fingerprint density at radius 1 is 1.58 bits per heavy atom. The van der Waals surface area contributed by atoms with Gasteiger partial charge in [0.1, 0.15) is 5.82 Å². The minimum Gasteiger partial charge on any atom is -0.296 e. The van der Waals surface area contributed by atoms with Gasteiger partial charge in [-0.2, -0.15) is 0 Å². The average Bonchev–Trinajstić information content (AvgIpc) is 2.56. The van der Waals surface area contributed by atoms with Crippen molar-refractivity contribution in [3.63, 3.8) is 0 Å². The third kappa shape index (κ3) is 3.67. The van der Waals surface area contributed by atoms with E-state index in [9.17, 15) is 13.2 Å². The SMILES string of the molecule is Cc1cnc(N2CC(CS(=O)(=O)Cl)CC2=O)c(Br)c1. The summed E-state index contributed by atoms with van der Waals surface area (Å²) in [6.07, 6.45) is 1.84. The second-order valence-electron chi connectivity index (χ2n) is 4.60. The summed E-state index contributed by atoms with van der Waals surface area (Å²) in [5.41, 5.74) is 0.974. The molecule has 1 unspecified atom stereocenters. The predicted octanol–water partition coefficient (Wildman–Crippen LogP) is 2.07. The van der Waals surface area contributed by atoms with Crippen LogP contribution in [0.3, 0.4) is 0 Å². The zero-order valence-corrected chi connectivity index (χ0v) is 13.3. The number of halogens is 2. The number of aromatic nitrogens is 1. The van der Waals surface area contributed by atoms with Gasteiger partial charge in [0.2, 0.25) is 15.0 Å². The topological polar surface area (TPSA) is 67.3 Å². The van der Waals surface area contributed by atoms with Crippen LogP contribution in [0.5, 0.6) is 0 Å². The Morgan fingerprint density at radius 3 is 2.84 bits per heavy atom. The summed E-state index contributed by atoms with van der Waals surface area (Å²) < 4.78 is 22.8. The van der Waals surface area contributed by atoms with E-state index in [2.05, 4.69) is 20.9 Å². The second-order valence-corrected chi connectivity index (χ2v) is 8.27. The average molecular weight is 368 g/mol. The summed E-state index contributed by atoms with van der Waals surface area (Å²) in [5, 5.41) is 0. The Bertz CT molecular complexity index is 620. The van der Waals surface area contributed by atoms with E-state index in [0.29, 0.717) is 12.4 Å². The van der Waals surface area contributed by atoms with Gasteiger partial charge in [-0.3, -0.25) is 9.69 Å². The van der Waals surface area contributed by atoms with Crippen LogP contribution in [0.15, 0.2) is 16.7 Å². The molecule has 2 heterocycles. The van der Waals surface area contributed by atoms with Crippen LogP contribution in [-0.2, 0) is 13.8 Å². The molecule has 1 aromatic heterocycles. The fourth-order valence-electron chi connectivity index (χ4n) is 2.10. The van der Waals surface area contributed by atoms with Crippen LogP contribution in [0, 0.1) is 12.8 Å². The highest BCUT2D eigenvalue weighted by Crippen LogP contribution is 2.30. The summed E-state index contributed by atoms with van der Waals surface area (Å²) >= 11 is 3.37. The molecule has 8 heteroatoms. The first-order chi connectivity index (χ1) is 8.76. The van der Waals surface area contributed by atoms with E-state index in [0.717, 1.165) is 10.0 Å². The summed E-state index contributed by atoms with van der Waals surface area (Å²) in [4.78, 5) is 17.6. The number of carbonyl (C=O) groups is 1. The molecule has 2 rings (SSSR count). The summed E-state index contributed by atoms with van der Waals surface area (Å²) in [6.45, 7) is 2.22. The molecular weight excluding hydrogens is 356 g/mol. The van der Waals surface area contributed by atoms with Crippen molar-refractivity contribution in [3.05, 3.63) is 22.3 Å². The molecule has 104 valence electrons. The highest BCUT2D eigenvalue weighted by Gasteiger charge is 2.34. The Hall–Kier alpha value is -0.660. The smallest absolute Gasteiger partial charge is 0.232 e.